The molecular weight excluding hydrogens is 240 g/mol. The van der Waals surface area contributed by atoms with Crippen molar-refractivity contribution in [2.24, 2.45) is 0 Å². The fraction of sp³-hybridized carbons (Fsp3) is 0.167. The van der Waals surface area contributed by atoms with Crippen molar-refractivity contribution in [1.82, 2.24) is 0 Å². The second-order valence-corrected chi connectivity index (χ2v) is 5.39. The summed E-state index contributed by atoms with van der Waals surface area (Å²) in [4.78, 5) is 0. The quantitative estimate of drug-likeness (QED) is 0.813. The van der Waals surface area contributed by atoms with Gasteiger partial charge in [-0.25, -0.2) is 0 Å². The van der Waals surface area contributed by atoms with Gasteiger partial charge in [0, 0.05) is 6.42 Å². The topological polar surface area (TPSA) is 74.6 Å². The van der Waals surface area contributed by atoms with E-state index in [1.165, 1.54) is 0 Å². The Morgan fingerprint density at radius 1 is 1.06 bits per heavy atom. The zero-order valence-corrected chi connectivity index (χ0v) is 9.76. The third-order valence-electron chi connectivity index (χ3n) is 2.62. The molecule has 0 bridgehead atoms. The lowest BCUT2D eigenvalue weighted by Crippen LogP contribution is -2.22. The minimum Gasteiger partial charge on any atom is -0.375 e. The summed E-state index contributed by atoms with van der Waals surface area (Å²) < 4.78 is 30.3. The molecule has 2 aromatic carbocycles. The Hall–Kier alpha value is -1.43. The second kappa shape index (κ2) is 4.44. The smallest absolute Gasteiger partial charge is 0.292 e. The summed E-state index contributed by atoms with van der Waals surface area (Å²) in [5.41, 5.74) is -1.10. The van der Waals surface area contributed by atoms with E-state index in [0.29, 0.717) is 5.56 Å². The highest BCUT2D eigenvalue weighted by atomic mass is 32.2. The Morgan fingerprint density at radius 2 is 1.71 bits per heavy atom. The molecular formula is C12H12O4S. The van der Waals surface area contributed by atoms with E-state index in [4.69, 9.17) is 4.55 Å². The van der Waals surface area contributed by atoms with Crippen molar-refractivity contribution < 1.29 is 18.1 Å². The SMILES string of the molecule is O=S(=O)(O)[C@@H](O)Cc1cccc2ccccc12. The number of hydrogen-bond donors (Lipinski definition) is 2. The first-order valence-corrected chi connectivity index (χ1v) is 6.60. The first kappa shape index (κ1) is 12.0. The van der Waals surface area contributed by atoms with Crippen LogP contribution in [0.5, 0.6) is 0 Å². The summed E-state index contributed by atoms with van der Waals surface area (Å²) in [6.45, 7) is 0. The predicted molar refractivity (Wildman–Crippen MR) is 65.2 cm³/mol. The van der Waals surface area contributed by atoms with Crippen molar-refractivity contribution in [1.29, 1.82) is 0 Å². The van der Waals surface area contributed by atoms with E-state index in [2.05, 4.69) is 0 Å². The van der Waals surface area contributed by atoms with Gasteiger partial charge in [-0.05, 0) is 16.3 Å². The maximum atomic E-state index is 10.8. The van der Waals surface area contributed by atoms with Gasteiger partial charge in [0.25, 0.3) is 10.1 Å². The lowest BCUT2D eigenvalue weighted by molar-refractivity contribution is 0.234. The molecule has 0 aliphatic heterocycles. The van der Waals surface area contributed by atoms with Gasteiger partial charge in [-0.15, -0.1) is 0 Å². The van der Waals surface area contributed by atoms with Crippen LogP contribution in [0, 0.1) is 0 Å². The van der Waals surface area contributed by atoms with E-state index in [-0.39, 0.29) is 6.42 Å². The Bertz CT molecular complexity index is 629. The van der Waals surface area contributed by atoms with Gasteiger partial charge in [0.05, 0.1) is 0 Å². The number of aliphatic hydroxyl groups excluding tert-OH is 1. The molecule has 0 unspecified atom stereocenters. The van der Waals surface area contributed by atoms with Crippen LogP contribution in [0.15, 0.2) is 42.5 Å². The Kier molecular flexibility index (Phi) is 3.15. The van der Waals surface area contributed by atoms with Crippen molar-refractivity contribution in [2.75, 3.05) is 0 Å². The zero-order chi connectivity index (χ0) is 12.5. The van der Waals surface area contributed by atoms with Gasteiger partial charge in [-0.2, -0.15) is 8.42 Å². The van der Waals surface area contributed by atoms with Gasteiger partial charge in [0.15, 0.2) is 5.44 Å². The Morgan fingerprint density at radius 3 is 2.41 bits per heavy atom. The molecule has 1 atom stereocenters. The summed E-state index contributed by atoms with van der Waals surface area (Å²) in [5.74, 6) is 0. The first-order valence-electron chi connectivity index (χ1n) is 5.09. The monoisotopic (exact) mass is 252 g/mol. The predicted octanol–water partition coefficient (Wildman–Crippen LogP) is 1.59. The Labute approximate surface area is 99.3 Å². The molecule has 0 aromatic heterocycles. The first-order chi connectivity index (χ1) is 7.98. The molecule has 0 aliphatic rings. The fourth-order valence-corrected chi connectivity index (χ4v) is 2.15. The summed E-state index contributed by atoms with van der Waals surface area (Å²) in [7, 11) is -4.41. The van der Waals surface area contributed by atoms with Gasteiger partial charge < -0.3 is 5.11 Å². The minimum absolute atomic E-state index is 0.125. The van der Waals surface area contributed by atoms with Crippen LogP contribution in [0.1, 0.15) is 5.56 Å². The number of hydrogen-bond acceptors (Lipinski definition) is 3. The lowest BCUT2D eigenvalue weighted by Gasteiger charge is -2.09. The Balaban J connectivity index is 2.43. The molecule has 0 saturated heterocycles. The van der Waals surface area contributed by atoms with Gasteiger partial charge in [0.2, 0.25) is 0 Å². The molecule has 0 radical (unpaired) electrons. The van der Waals surface area contributed by atoms with Crippen molar-refractivity contribution in [3.63, 3.8) is 0 Å². The molecule has 0 amide bonds. The molecule has 0 fully saturated rings. The van der Waals surface area contributed by atoms with Gasteiger partial charge in [-0.3, -0.25) is 4.55 Å². The summed E-state index contributed by atoms with van der Waals surface area (Å²) in [6, 6.07) is 12.9. The van der Waals surface area contributed by atoms with Crippen LogP contribution < -0.4 is 0 Å². The average molecular weight is 252 g/mol. The van der Waals surface area contributed by atoms with Gasteiger partial charge in [0.1, 0.15) is 0 Å². The lowest BCUT2D eigenvalue weighted by atomic mass is 10.0. The highest BCUT2D eigenvalue weighted by molar-refractivity contribution is 7.86. The molecule has 0 aliphatic carbocycles. The summed E-state index contributed by atoms with van der Waals surface area (Å²) in [6.07, 6.45) is -0.125. The third kappa shape index (κ3) is 2.63. The van der Waals surface area contributed by atoms with E-state index in [1.54, 1.807) is 12.1 Å². The highest BCUT2D eigenvalue weighted by Crippen LogP contribution is 2.20. The number of benzene rings is 2. The average Bonchev–Trinajstić information content (AvgIpc) is 2.28. The van der Waals surface area contributed by atoms with Crippen LogP contribution in [0.4, 0.5) is 0 Å². The van der Waals surface area contributed by atoms with E-state index >= 15 is 0 Å². The maximum Gasteiger partial charge on any atom is 0.292 e. The van der Waals surface area contributed by atoms with Crippen LogP contribution in [0.2, 0.25) is 0 Å². The summed E-state index contributed by atoms with van der Waals surface area (Å²) in [5, 5.41) is 11.2. The van der Waals surface area contributed by atoms with E-state index in [0.717, 1.165) is 10.8 Å². The molecule has 2 aromatic rings. The number of rotatable bonds is 3. The van der Waals surface area contributed by atoms with E-state index in [1.807, 2.05) is 30.3 Å². The zero-order valence-electron chi connectivity index (χ0n) is 8.95. The third-order valence-corrected chi connectivity index (χ3v) is 3.47. The van der Waals surface area contributed by atoms with E-state index < -0.39 is 15.6 Å². The molecule has 0 spiro atoms. The van der Waals surface area contributed by atoms with Crippen LogP contribution in [-0.2, 0) is 16.5 Å². The minimum atomic E-state index is -4.41. The van der Waals surface area contributed by atoms with Crippen LogP contribution >= 0.6 is 0 Å². The maximum absolute atomic E-state index is 10.8. The van der Waals surface area contributed by atoms with E-state index in [9.17, 15) is 13.5 Å². The number of fused-ring (bicyclic) bond motifs is 1. The van der Waals surface area contributed by atoms with Crippen molar-refractivity contribution >= 4 is 20.9 Å². The summed E-state index contributed by atoms with van der Waals surface area (Å²) >= 11 is 0. The van der Waals surface area contributed by atoms with Gasteiger partial charge >= 0.3 is 0 Å². The largest absolute Gasteiger partial charge is 0.375 e. The molecule has 5 heteroatoms. The van der Waals surface area contributed by atoms with Crippen molar-refractivity contribution in [3.8, 4) is 0 Å². The fourth-order valence-electron chi connectivity index (χ4n) is 1.76. The molecule has 17 heavy (non-hydrogen) atoms. The second-order valence-electron chi connectivity index (χ2n) is 3.81. The molecule has 4 nitrogen and oxygen atoms in total. The molecule has 90 valence electrons. The number of aliphatic hydroxyl groups is 1. The molecule has 0 heterocycles. The van der Waals surface area contributed by atoms with Crippen LogP contribution in [0.3, 0.4) is 0 Å². The molecule has 2 N–H and O–H groups in total. The van der Waals surface area contributed by atoms with Gasteiger partial charge in [-0.1, -0.05) is 42.5 Å². The van der Waals surface area contributed by atoms with Crippen LogP contribution in [-0.4, -0.2) is 23.5 Å². The van der Waals surface area contributed by atoms with Crippen molar-refractivity contribution in [2.45, 2.75) is 11.9 Å². The van der Waals surface area contributed by atoms with Crippen molar-refractivity contribution in [3.05, 3.63) is 48.0 Å². The molecule has 2 rings (SSSR count). The molecule has 0 saturated carbocycles. The standard InChI is InChI=1S/C12H12O4S/c13-12(17(14,15)16)8-10-6-3-5-9-4-1-2-7-11(9)10/h1-7,12-13H,8H2,(H,14,15,16)/t12-/m1/s1. The normalized spacial score (nSPS) is 13.8. The van der Waals surface area contributed by atoms with Crippen LogP contribution in [0.25, 0.3) is 10.8 Å². The highest BCUT2D eigenvalue weighted by Gasteiger charge is 2.20.